The fourth-order valence-electron chi connectivity index (χ4n) is 5.99. The number of β-amino-alcohol motifs (C(OH)–C–C–N with tert-alkyl or cyclic N) is 1. The second kappa shape index (κ2) is 11.6. The molecule has 2 atom stereocenters. The summed E-state index contributed by atoms with van der Waals surface area (Å²) in [6.45, 7) is 0.586. The van der Waals surface area contributed by atoms with E-state index in [1.165, 1.54) is 17.2 Å². The van der Waals surface area contributed by atoms with Gasteiger partial charge in [0.25, 0.3) is 0 Å². The summed E-state index contributed by atoms with van der Waals surface area (Å²) in [6.07, 6.45) is 4.19. The third-order valence-electron chi connectivity index (χ3n) is 8.39. The van der Waals surface area contributed by atoms with Gasteiger partial charge in [0, 0.05) is 37.4 Å². The predicted octanol–water partition coefficient (Wildman–Crippen LogP) is 4.95. The summed E-state index contributed by atoms with van der Waals surface area (Å²) in [5.74, 6) is -0.685. The summed E-state index contributed by atoms with van der Waals surface area (Å²) in [7, 11) is 0. The van der Waals surface area contributed by atoms with Crippen LogP contribution in [0.5, 0.6) is 11.5 Å². The molecular weight excluding hydrogens is 565 g/mol. The Morgan fingerprint density at radius 2 is 1.93 bits per heavy atom. The van der Waals surface area contributed by atoms with E-state index >= 15 is 4.39 Å². The summed E-state index contributed by atoms with van der Waals surface area (Å²) < 4.78 is 52.3. The third kappa shape index (κ3) is 6.40. The Morgan fingerprint density at radius 1 is 1.12 bits per heavy atom. The number of piperidine rings is 1. The molecule has 3 aliphatic rings. The van der Waals surface area contributed by atoms with Crippen LogP contribution in [-0.2, 0) is 11.3 Å². The van der Waals surface area contributed by atoms with Crippen LogP contribution >= 0.6 is 0 Å². The molecular formula is C31H33F3N4O5. The maximum Gasteiger partial charge on any atom is 0.387 e. The van der Waals surface area contributed by atoms with Gasteiger partial charge in [0.15, 0.2) is 11.5 Å². The first-order chi connectivity index (χ1) is 20.6. The number of halogens is 3. The van der Waals surface area contributed by atoms with Gasteiger partial charge in [-0.25, -0.2) is 9.18 Å². The van der Waals surface area contributed by atoms with Crippen molar-refractivity contribution in [2.24, 2.45) is 5.92 Å². The SMILES string of the molecule is CC1(O)CN(Cc2ccc(OC(F)F)c(OCC3CC3)c2)CCC1c1ccc2ncc(N3CCC(=O)NC3=O)cc2c1F. The molecule has 2 aliphatic heterocycles. The van der Waals surface area contributed by atoms with E-state index in [2.05, 4.69) is 15.0 Å². The van der Waals surface area contributed by atoms with E-state index in [1.54, 1.807) is 37.3 Å². The minimum atomic E-state index is -2.96. The van der Waals surface area contributed by atoms with E-state index in [0.717, 1.165) is 18.4 Å². The van der Waals surface area contributed by atoms with Gasteiger partial charge >= 0.3 is 12.6 Å². The van der Waals surface area contributed by atoms with E-state index in [1.807, 2.05) is 4.90 Å². The molecule has 1 aliphatic carbocycles. The monoisotopic (exact) mass is 598 g/mol. The Balaban J connectivity index is 1.19. The number of carbonyl (C=O) groups is 2. The smallest absolute Gasteiger partial charge is 0.387 e. The summed E-state index contributed by atoms with van der Waals surface area (Å²) in [4.78, 5) is 31.6. The number of carbonyl (C=O) groups excluding carboxylic acids is 2. The van der Waals surface area contributed by atoms with Crippen LogP contribution in [0.2, 0.25) is 0 Å². The van der Waals surface area contributed by atoms with E-state index in [4.69, 9.17) is 4.74 Å². The summed E-state index contributed by atoms with van der Waals surface area (Å²) in [6, 6.07) is 9.20. The van der Waals surface area contributed by atoms with Crippen LogP contribution in [0.1, 0.15) is 49.7 Å². The lowest BCUT2D eigenvalue weighted by Crippen LogP contribution is -2.50. The van der Waals surface area contributed by atoms with Crippen LogP contribution in [0.3, 0.4) is 0 Å². The van der Waals surface area contributed by atoms with E-state index in [0.29, 0.717) is 48.8 Å². The minimum absolute atomic E-state index is 0.0102. The first kappa shape index (κ1) is 29.2. The fourth-order valence-corrected chi connectivity index (χ4v) is 5.99. The Hall–Kier alpha value is -3.90. The number of imide groups is 1. The van der Waals surface area contributed by atoms with Crippen molar-refractivity contribution in [3.63, 3.8) is 0 Å². The zero-order valence-corrected chi connectivity index (χ0v) is 23.7. The lowest BCUT2D eigenvalue weighted by molar-refractivity contribution is -0.120. The zero-order valence-electron chi connectivity index (χ0n) is 23.7. The van der Waals surface area contributed by atoms with Gasteiger partial charge in [-0.2, -0.15) is 8.78 Å². The number of ether oxygens (including phenoxy) is 2. The maximum absolute atomic E-state index is 16.0. The number of nitrogens with zero attached hydrogens (tertiary/aromatic N) is 3. The number of amides is 3. The van der Waals surface area contributed by atoms with Crippen LogP contribution < -0.4 is 19.7 Å². The first-order valence-corrected chi connectivity index (χ1v) is 14.4. The van der Waals surface area contributed by atoms with Crippen molar-refractivity contribution < 1.29 is 37.3 Å². The van der Waals surface area contributed by atoms with E-state index in [-0.39, 0.29) is 42.3 Å². The van der Waals surface area contributed by atoms with Crippen molar-refractivity contribution in [2.75, 3.05) is 31.1 Å². The molecule has 2 N–H and O–H groups in total. The molecule has 3 heterocycles. The summed E-state index contributed by atoms with van der Waals surface area (Å²) >= 11 is 0. The number of anilines is 1. The molecule has 9 nitrogen and oxygen atoms in total. The number of pyridine rings is 1. The number of nitrogens with one attached hydrogen (secondary N) is 1. The Kier molecular flexibility index (Phi) is 7.91. The predicted molar refractivity (Wildman–Crippen MR) is 152 cm³/mol. The number of aromatic nitrogens is 1. The van der Waals surface area contributed by atoms with Crippen molar-refractivity contribution in [3.05, 3.63) is 59.5 Å². The number of hydrogen-bond acceptors (Lipinski definition) is 7. The molecule has 3 amide bonds. The molecule has 43 heavy (non-hydrogen) atoms. The molecule has 228 valence electrons. The van der Waals surface area contributed by atoms with Crippen LogP contribution in [0.4, 0.5) is 23.7 Å². The molecule has 2 saturated heterocycles. The van der Waals surface area contributed by atoms with Crippen molar-refractivity contribution in [3.8, 4) is 11.5 Å². The molecule has 0 bridgehead atoms. The molecule has 2 unspecified atom stereocenters. The highest BCUT2D eigenvalue weighted by Gasteiger charge is 2.40. The van der Waals surface area contributed by atoms with Gasteiger partial charge in [-0.05, 0) is 74.0 Å². The molecule has 2 aromatic carbocycles. The quantitative estimate of drug-likeness (QED) is 0.359. The number of likely N-dealkylation sites (tertiary alicyclic amines) is 1. The van der Waals surface area contributed by atoms with Crippen LogP contribution in [0.15, 0.2) is 42.6 Å². The number of aliphatic hydroxyl groups is 1. The van der Waals surface area contributed by atoms with Crippen LogP contribution in [0, 0.1) is 11.7 Å². The van der Waals surface area contributed by atoms with Crippen molar-refractivity contribution >= 4 is 28.5 Å². The Labute approximate surface area is 246 Å². The number of urea groups is 1. The number of alkyl halides is 2. The summed E-state index contributed by atoms with van der Waals surface area (Å²) in [5.41, 5.74) is 0.684. The van der Waals surface area contributed by atoms with Gasteiger partial charge < -0.3 is 14.6 Å². The average molecular weight is 599 g/mol. The van der Waals surface area contributed by atoms with Gasteiger partial charge in [-0.3, -0.25) is 24.9 Å². The molecule has 0 spiro atoms. The van der Waals surface area contributed by atoms with E-state index < -0.39 is 30.0 Å². The second-order valence-corrected chi connectivity index (χ2v) is 11.8. The lowest BCUT2D eigenvalue weighted by atomic mass is 9.77. The molecule has 6 rings (SSSR count). The Bertz CT molecular complexity index is 1550. The van der Waals surface area contributed by atoms with Crippen molar-refractivity contribution in [1.29, 1.82) is 0 Å². The van der Waals surface area contributed by atoms with Gasteiger partial charge in [0.2, 0.25) is 5.91 Å². The highest BCUT2D eigenvalue weighted by atomic mass is 19.3. The molecule has 3 fully saturated rings. The molecule has 1 saturated carbocycles. The van der Waals surface area contributed by atoms with Crippen molar-refractivity contribution in [2.45, 2.75) is 57.3 Å². The largest absolute Gasteiger partial charge is 0.489 e. The minimum Gasteiger partial charge on any atom is -0.489 e. The average Bonchev–Trinajstić information content (AvgIpc) is 3.78. The topological polar surface area (TPSA) is 104 Å². The lowest BCUT2D eigenvalue weighted by Gasteiger charge is -2.43. The van der Waals surface area contributed by atoms with E-state index in [9.17, 15) is 23.5 Å². The number of hydrogen-bond donors (Lipinski definition) is 2. The normalized spacial score (nSPS) is 23.1. The molecule has 12 heteroatoms. The maximum atomic E-state index is 16.0. The van der Waals surface area contributed by atoms with Gasteiger partial charge in [-0.15, -0.1) is 0 Å². The molecule has 0 radical (unpaired) electrons. The zero-order chi connectivity index (χ0) is 30.3. The highest BCUT2D eigenvalue weighted by Crippen LogP contribution is 2.40. The standard InChI is InChI=1S/C31H33F3N4O5/c1-31(41)17-37(15-19-4-7-25(43-29(33)34)26(12-19)42-16-18-2-3-18)10-8-23(31)21-5-6-24-22(28(21)32)13-20(14-35-24)38-11-9-27(39)36-30(38)40/h4-7,12-14,18,23,29,41H,2-3,8-11,15-17H2,1H3,(H,36,39,40). The highest BCUT2D eigenvalue weighted by molar-refractivity contribution is 6.06. The van der Waals surface area contributed by atoms with Gasteiger partial charge in [0.1, 0.15) is 5.82 Å². The molecule has 3 aromatic rings. The van der Waals surface area contributed by atoms with Gasteiger partial charge in [0.05, 0.1) is 29.6 Å². The van der Waals surface area contributed by atoms with Gasteiger partial charge in [-0.1, -0.05) is 12.1 Å². The Morgan fingerprint density at radius 3 is 2.65 bits per heavy atom. The molecule has 1 aromatic heterocycles. The van der Waals surface area contributed by atoms with Crippen LogP contribution in [0.25, 0.3) is 10.9 Å². The summed E-state index contributed by atoms with van der Waals surface area (Å²) in [5, 5.41) is 14.0. The number of rotatable bonds is 9. The van der Waals surface area contributed by atoms with Crippen LogP contribution in [-0.4, -0.2) is 65.4 Å². The number of fused-ring (bicyclic) bond motifs is 1. The fraction of sp³-hybridized carbons (Fsp3) is 0.452. The van der Waals surface area contributed by atoms with Crippen molar-refractivity contribution in [1.82, 2.24) is 15.2 Å². The second-order valence-electron chi connectivity index (χ2n) is 11.8. The number of benzene rings is 2. The first-order valence-electron chi connectivity index (χ1n) is 14.4. The third-order valence-corrected chi connectivity index (χ3v) is 8.39.